The topological polar surface area (TPSA) is 198 Å². The Hall–Kier alpha value is -5.17. The smallest absolute Gasteiger partial charge is 0.340 e. The molecule has 240 valence electrons. The number of carbonyl (C=O) groups excluding carboxylic acids is 2. The molecule has 0 fully saturated rings. The van der Waals surface area contributed by atoms with Gasteiger partial charge < -0.3 is 35.6 Å². The molecule has 0 bridgehead atoms. The van der Waals surface area contributed by atoms with Gasteiger partial charge >= 0.3 is 5.97 Å². The normalized spacial score (nSPS) is 13.1. The first-order valence-corrected chi connectivity index (χ1v) is 15.1. The number of phenols is 4. The number of nitrogens with one attached hydrogen (secondary N) is 2. The van der Waals surface area contributed by atoms with Gasteiger partial charge in [0.1, 0.15) is 34.3 Å². The molecule has 0 radical (unpaired) electrons. The van der Waals surface area contributed by atoms with Crippen LogP contribution in [0.25, 0.3) is 11.1 Å². The maximum Gasteiger partial charge on any atom is 0.340 e. The summed E-state index contributed by atoms with van der Waals surface area (Å²) in [6.45, 7) is 4.15. The van der Waals surface area contributed by atoms with E-state index in [4.69, 9.17) is 17.0 Å². The summed E-state index contributed by atoms with van der Waals surface area (Å²) in [5.74, 6) is -5.54. The van der Waals surface area contributed by atoms with Gasteiger partial charge in [0, 0.05) is 39.9 Å². The van der Waals surface area contributed by atoms with Crippen molar-refractivity contribution in [3.05, 3.63) is 62.2 Å². The number of aromatic hydroxyl groups is 4. The van der Waals surface area contributed by atoms with Crippen molar-refractivity contribution in [2.45, 2.75) is 52.4 Å². The quantitative estimate of drug-likeness (QED) is 0.0584. The number of fused-ring (bicyclic) bond motifs is 5. The Morgan fingerprint density at radius 1 is 0.957 bits per heavy atom. The van der Waals surface area contributed by atoms with E-state index in [9.17, 15) is 39.9 Å². The molecular formula is C33H33N3O9S. The Morgan fingerprint density at radius 3 is 2.37 bits per heavy atom. The molecule has 0 amide bonds. The Morgan fingerprint density at radius 2 is 1.70 bits per heavy atom. The zero-order chi connectivity index (χ0) is 33.4. The number of benzene rings is 3. The second kappa shape index (κ2) is 12.7. The number of carbonyl (C=O) groups is 3. The van der Waals surface area contributed by atoms with Crippen LogP contribution in [0.4, 0.5) is 0 Å². The second-order valence-electron chi connectivity index (χ2n) is 11.2. The van der Waals surface area contributed by atoms with Crippen molar-refractivity contribution in [3.8, 4) is 39.9 Å². The number of hydrogen-bond acceptors (Lipinski definition) is 10. The largest absolute Gasteiger partial charge is 0.508 e. The van der Waals surface area contributed by atoms with Crippen LogP contribution >= 0.6 is 12.2 Å². The van der Waals surface area contributed by atoms with E-state index in [1.54, 1.807) is 0 Å². The highest BCUT2D eigenvalue weighted by Crippen LogP contribution is 2.54. The lowest BCUT2D eigenvalue weighted by Gasteiger charge is -2.30. The van der Waals surface area contributed by atoms with Gasteiger partial charge in [-0.3, -0.25) is 15.0 Å². The highest BCUT2D eigenvalue weighted by atomic mass is 32.1. The van der Waals surface area contributed by atoms with Crippen LogP contribution < -0.4 is 15.5 Å². The fourth-order valence-electron chi connectivity index (χ4n) is 6.12. The van der Waals surface area contributed by atoms with E-state index in [0.717, 1.165) is 31.7 Å². The van der Waals surface area contributed by atoms with Gasteiger partial charge in [-0.1, -0.05) is 26.2 Å². The minimum atomic E-state index is -1.48. The van der Waals surface area contributed by atoms with Gasteiger partial charge in [-0.25, -0.2) is 4.79 Å². The van der Waals surface area contributed by atoms with Crippen molar-refractivity contribution in [2.75, 3.05) is 13.7 Å². The predicted octanol–water partition coefficient (Wildman–Crippen LogP) is 4.44. The molecule has 0 aromatic heterocycles. The van der Waals surface area contributed by atoms with Crippen molar-refractivity contribution < 1.29 is 44.7 Å². The molecule has 0 spiro atoms. The molecule has 0 saturated heterocycles. The number of ether oxygens (including phenoxy) is 1. The number of ketones is 2. The van der Waals surface area contributed by atoms with E-state index in [-0.39, 0.29) is 68.2 Å². The molecule has 0 unspecified atom stereocenters. The van der Waals surface area contributed by atoms with E-state index < -0.39 is 51.7 Å². The molecule has 46 heavy (non-hydrogen) atoms. The van der Waals surface area contributed by atoms with Crippen LogP contribution in [-0.4, -0.2) is 68.1 Å². The van der Waals surface area contributed by atoms with Crippen molar-refractivity contribution in [3.63, 3.8) is 0 Å². The molecule has 2 aliphatic rings. The molecule has 3 aromatic carbocycles. The summed E-state index contributed by atoms with van der Waals surface area (Å²) in [7, 11) is 1.28. The molecule has 0 heterocycles. The van der Waals surface area contributed by atoms with Gasteiger partial charge in [0.05, 0.1) is 30.0 Å². The number of hydrogen-bond donors (Lipinski definition) is 7. The van der Waals surface area contributed by atoms with E-state index >= 15 is 0 Å². The number of phenolic OH excluding ortho intramolecular Hbond substituents is 3. The molecule has 12 nitrogen and oxygen atoms in total. The van der Waals surface area contributed by atoms with Crippen LogP contribution in [0, 0.1) is 6.92 Å². The Bertz CT molecular complexity index is 1870. The first-order chi connectivity index (χ1) is 21.9. The van der Waals surface area contributed by atoms with Crippen LogP contribution in [0.15, 0.2) is 17.2 Å². The molecule has 0 saturated carbocycles. The SMILES string of the molecule is CCCCCCNC(=S)N/N=C/c1cc2c(c(O)c1C(=O)O)-c1c(O)c3c(c(OC)c1CC2)C(=O)c1c(cc(O)c(C)c1O)C3=O. The van der Waals surface area contributed by atoms with Gasteiger partial charge in [0.15, 0.2) is 10.9 Å². The zero-order valence-electron chi connectivity index (χ0n) is 25.4. The summed E-state index contributed by atoms with van der Waals surface area (Å²) in [6.07, 6.45) is 5.87. The highest BCUT2D eigenvalue weighted by Gasteiger charge is 2.42. The van der Waals surface area contributed by atoms with E-state index in [2.05, 4.69) is 22.8 Å². The number of unbranched alkanes of at least 4 members (excludes halogenated alkanes) is 3. The monoisotopic (exact) mass is 647 g/mol. The third-order valence-corrected chi connectivity index (χ3v) is 8.63. The van der Waals surface area contributed by atoms with E-state index in [1.807, 2.05) is 0 Å². The molecule has 0 aliphatic heterocycles. The number of nitrogens with zero attached hydrogens (tertiary/aromatic N) is 1. The van der Waals surface area contributed by atoms with Crippen molar-refractivity contribution in [2.24, 2.45) is 5.10 Å². The molecule has 13 heteroatoms. The first kappa shape index (κ1) is 32.2. The minimum absolute atomic E-state index is 0.000383. The van der Waals surface area contributed by atoms with E-state index in [0.29, 0.717) is 12.1 Å². The predicted molar refractivity (Wildman–Crippen MR) is 173 cm³/mol. The number of hydrazone groups is 1. The summed E-state index contributed by atoms with van der Waals surface area (Å²) in [4.78, 5) is 39.9. The van der Waals surface area contributed by atoms with Gasteiger partial charge in [0.2, 0.25) is 5.78 Å². The average Bonchev–Trinajstić information content (AvgIpc) is 3.01. The maximum atomic E-state index is 13.8. The third-order valence-electron chi connectivity index (χ3n) is 8.39. The number of rotatable bonds is 9. The Kier molecular flexibility index (Phi) is 8.88. The van der Waals surface area contributed by atoms with Gasteiger partial charge in [0.25, 0.3) is 0 Å². The number of carboxylic acid groups (broad SMARTS) is 1. The Balaban J connectivity index is 1.60. The summed E-state index contributed by atoms with van der Waals surface area (Å²) in [6, 6.07) is 2.56. The second-order valence-corrected chi connectivity index (χ2v) is 11.6. The maximum absolute atomic E-state index is 13.8. The number of carboxylic acids is 1. The van der Waals surface area contributed by atoms with Crippen LogP contribution in [0.2, 0.25) is 0 Å². The molecule has 7 N–H and O–H groups in total. The summed E-state index contributed by atoms with van der Waals surface area (Å²) >= 11 is 5.23. The molecule has 0 atom stereocenters. The zero-order valence-corrected chi connectivity index (χ0v) is 26.2. The van der Waals surface area contributed by atoms with E-state index in [1.165, 1.54) is 26.3 Å². The van der Waals surface area contributed by atoms with Crippen LogP contribution in [-0.2, 0) is 12.8 Å². The summed E-state index contributed by atoms with van der Waals surface area (Å²) in [5.41, 5.74) is 1.45. The van der Waals surface area contributed by atoms with Gasteiger partial charge in [-0.05, 0) is 56.1 Å². The van der Waals surface area contributed by atoms with Gasteiger partial charge in [-0.15, -0.1) is 0 Å². The van der Waals surface area contributed by atoms with Crippen molar-refractivity contribution in [1.82, 2.24) is 10.7 Å². The lowest BCUT2D eigenvalue weighted by molar-refractivity contribution is 0.0693. The van der Waals surface area contributed by atoms with Crippen LogP contribution in [0.5, 0.6) is 28.7 Å². The standard InChI is InChI=1S/C33H33N3O9S/c1-4-5-6-7-10-34-33(46)36-35-13-16-11-15-8-9-17-22(20(15)28(40)21(16)32(43)44)29(41)24-25(31(17)45-3)30(42)23-18(27(24)39)12-19(37)14(2)26(23)38/h11-13,37-38,40-41H,4-10H2,1-3H3,(H,43,44)(H2,34,36,46)/b35-13+. The summed E-state index contributed by atoms with van der Waals surface area (Å²) in [5, 5.41) is 61.5. The van der Waals surface area contributed by atoms with Crippen molar-refractivity contribution >= 4 is 41.1 Å². The Labute approximate surface area is 269 Å². The van der Waals surface area contributed by atoms with Crippen LogP contribution in [0.1, 0.15) is 97.1 Å². The van der Waals surface area contributed by atoms with Crippen molar-refractivity contribution in [1.29, 1.82) is 0 Å². The number of aromatic carboxylic acids is 1. The lowest BCUT2D eigenvalue weighted by atomic mass is 9.74. The molecule has 5 rings (SSSR count). The molecule has 2 aliphatic carbocycles. The first-order valence-electron chi connectivity index (χ1n) is 14.7. The molecular weight excluding hydrogens is 614 g/mol. The third kappa shape index (κ3) is 5.26. The fraction of sp³-hybridized carbons (Fsp3) is 0.303. The summed E-state index contributed by atoms with van der Waals surface area (Å²) < 4.78 is 5.61. The number of methoxy groups -OCH3 is 1. The van der Waals surface area contributed by atoms with Crippen LogP contribution in [0.3, 0.4) is 0 Å². The highest BCUT2D eigenvalue weighted by molar-refractivity contribution is 7.80. The average molecular weight is 648 g/mol. The lowest BCUT2D eigenvalue weighted by Crippen LogP contribution is -2.32. The number of thiocarbonyl (C=S) groups is 1. The molecule has 3 aromatic rings. The fourth-order valence-corrected chi connectivity index (χ4v) is 6.27. The minimum Gasteiger partial charge on any atom is -0.508 e. The van der Waals surface area contributed by atoms with Gasteiger partial charge in [-0.2, -0.15) is 5.10 Å². The number of aryl methyl sites for hydroxylation is 1.